The van der Waals surface area contributed by atoms with Crippen LogP contribution in [-0.2, 0) is 25.6 Å². The molecule has 2 saturated heterocycles. The highest BCUT2D eigenvalue weighted by atomic mass is 19.3. The van der Waals surface area contributed by atoms with Gasteiger partial charge < -0.3 is 39.7 Å². The standard InChI is InChI=1S/C47H59F2N9O5/c1-7-31-33-17-28(35-22-55(24-52-35)21-30-19-47(48,49)23-57(30)44(60)40(26(4)5)54-46(61)62-6)13-15-36(33)58-41(31)32-14-12-29(18-38(32)63-45(58)27-10-11-27)34-20-51-42(53-34)37-9-8-16-56(37)43(59)39(50)25(2)3/h7,13,15,17-18,20,22,24-27,30,37,39-40,45-46,54,61H,1,8-12,14,16,19,21,23,50H2,2-6H3,(H,51,53)/p+1. The number of nitrogens with one attached hydrogen (secondary N) is 3. The molecule has 0 bridgehead atoms. The van der Waals surface area contributed by atoms with E-state index in [1.807, 2.05) is 41.8 Å². The molecular formula is C47H60F2N9O5+. The van der Waals surface area contributed by atoms with Gasteiger partial charge in [0.15, 0.2) is 11.9 Å². The summed E-state index contributed by atoms with van der Waals surface area (Å²) < 4.78 is 45.9. The van der Waals surface area contributed by atoms with Crippen molar-refractivity contribution in [3.05, 3.63) is 78.1 Å². The molecule has 16 heteroatoms. The molecule has 6 N–H and O–H groups in total. The lowest BCUT2D eigenvalue weighted by Gasteiger charge is -2.33. The van der Waals surface area contributed by atoms with E-state index in [1.54, 1.807) is 20.2 Å². The van der Waals surface area contributed by atoms with Gasteiger partial charge in [-0.2, -0.15) is 0 Å². The number of H-pyrrole nitrogens is 2. The Bertz CT molecular complexity index is 2480. The second-order valence-corrected chi connectivity index (χ2v) is 18.7. The second kappa shape index (κ2) is 16.8. The second-order valence-electron chi connectivity index (χ2n) is 18.7. The molecule has 6 atom stereocenters. The number of amides is 2. The third-order valence-electron chi connectivity index (χ3n) is 13.7. The van der Waals surface area contributed by atoms with Crippen LogP contribution in [-0.4, -0.2) is 96.9 Å². The van der Waals surface area contributed by atoms with Crippen molar-refractivity contribution in [1.82, 2.24) is 34.6 Å². The molecule has 6 heterocycles. The van der Waals surface area contributed by atoms with E-state index >= 15 is 0 Å². The average molecular weight is 869 g/mol. The maximum atomic E-state index is 14.9. The number of rotatable bonds is 14. The first-order valence-electron chi connectivity index (χ1n) is 22.4. The van der Waals surface area contributed by atoms with Gasteiger partial charge in [0.25, 0.3) is 5.92 Å². The first kappa shape index (κ1) is 43.1. The summed E-state index contributed by atoms with van der Waals surface area (Å²) in [5, 5.41) is 13.8. The van der Waals surface area contributed by atoms with Gasteiger partial charge in [0.05, 0.1) is 53.8 Å². The van der Waals surface area contributed by atoms with E-state index in [-0.39, 0.29) is 36.6 Å². The van der Waals surface area contributed by atoms with Crippen LogP contribution in [0.5, 0.6) is 0 Å². The zero-order chi connectivity index (χ0) is 44.5. The number of aromatic nitrogens is 5. The van der Waals surface area contributed by atoms with Crippen LogP contribution in [0.15, 0.2) is 55.3 Å². The van der Waals surface area contributed by atoms with Gasteiger partial charge in [-0.05, 0) is 80.2 Å². The van der Waals surface area contributed by atoms with E-state index in [0.29, 0.717) is 12.5 Å². The van der Waals surface area contributed by atoms with Crippen molar-refractivity contribution in [2.24, 2.45) is 23.5 Å². The summed E-state index contributed by atoms with van der Waals surface area (Å²) in [4.78, 5) is 41.8. The predicted octanol–water partition coefficient (Wildman–Crippen LogP) is 6.24. The van der Waals surface area contributed by atoms with Gasteiger partial charge in [-0.15, -0.1) is 0 Å². The number of hydrogen-bond acceptors (Lipinski definition) is 8. The van der Waals surface area contributed by atoms with Crippen molar-refractivity contribution in [2.75, 3.05) is 20.2 Å². The normalized spacial score (nSPS) is 23.5. The summed E-state index contributed by atoms with van der Waals surface area (Å²) in [7, 11) is 1.30. The fourth-order valence-electron chi connectivity index (χ4n) is 10.0. The van der Waals surface area contributed by atoms with E-state index in [1.165, 1.54) is 12.0 Å². The molecule has 2 amide bonds. The van der Waals surface area contributed by atoms with Gasteiger partial charge in [-0.25, -0.2) is 23.3 Å². The first-order chi connectivity index (χ1) is 30.2. The van der Waals surface area contributed by atoms with E-state index in [9.17, 15) is 23.5 Å². The lowest BCUT2D eigenvalue weighted by Crippen LogP contribution is -2.56. The molecule has 4 aromatic rings. The third-order valence-corrected chi connectivity index (χ3v) is 13.7. The smallest absolute Gasteiger partial charge is 0.267 e. The van der Waals surface area contributed by atoms with Crippen LogP contribution in [0.3, 0.4) is 0 Å². The van der Waals surface area contributed by atoms with Gasteiger partial charge in [0.2, 0.25) is 24.6 Å². The van der Waals surface area contributed by atoms with Crippen LogP contribution < -0.4 is 15.6 Å². The SMILES string of the molecule is C=Cc1c2n(c3ccc(-c4c[n+](CC5CC(F)(F)CN5C(=O)C(NC(O)OC)C(C)C)c[nH]4)cc13)C(C1CC1)OC1=C2CCC(c2cnc(C3CCCN3C(=O)C(N)C(C)C)[nH]2)=C1. The maximum Gasteiger partial charge on any atom is 0.267 e. The number of ether oxygens (including phenoxy) is 2. The fourth-order valence-corrected chi connectivity index (χ4v) is 10.0. The van der Waals surface area contributed by atoms with Crippen LogP contribution >= 0.6 is 0 Å². The number of halogens is 2. The maximum absolute atomic E-state index is 14.9. The highest BCUT2D eigenvalue weighted by molar-refractivity contribution is 5.99. The molecular weight excluding hydrogens is 809 g/mol. The number of carbonyl (C=O) groups excluding carboxylic acids is 2. The van der Waals surface area contributed by atoms with Gasteiger partial charge in [0, 0.05) is 48.1 Å². The van der Waals surface area contributed by atoms with E-state index in [4.69, 9.17) is 20.2 Å². The van der Waals surface area contributed by atoms with Crippen molar-refractivity contribution in [3.63, 3.8) is 0 Å². The topological polar surface area (TPSA) is 171 Å². The number of hydrogen-bond donors (Lipinski definition) is 5. The fraction of sp³-hybridized carbons (Fsp3) is 0.532. The molecule has 6 unspecified atom stereocenters. The molecule has 0 radical (unpaired) electrons. The van der Waals surface area contributed by atoms with Crippen molar-refractivity contribution in [3.8, 4) is 11.3 Å². The number of methoxy groups -OCH3 is 1. The molecule has 336 valence electrons. The van der Waals surface area contributed by atoms with Gasteiger partial charge in [0.1, 0.15) is 24.3 Å². The quantitative estimate of drug-likeness (QED) is 0.0734. The number of benzene rings is 1. The Hall–Kier alpha value is -5.16. The first-order valence-corrected chi connectivity index (χ1v) is 22.4. The lowest BCUT2D eigenvalue weighted by molar-refractivity contribution is -0.699. The summed E-state index contributed by atoms with van der Waals surface area (Å²) in [5.41, 5.74) is 14.4. The van der Waals surface area contributed by atoms with E-state index in [0.717, 1.165) is 100 Å². The lowest BCUT2D eigenvalue weighted by atomic mass is 9.90. The van der Waals surface area contributed by atoms with Crippen LogP contribution in [0.2, 0.25) is 0 Å². The predicted molar refractivity (Wildman–Crippen MR) is 234 cm³/mol. The van der Waals surface area contributed by atoms with Crippen molar-refractivity contribution < 1.29 is 37.5 Å². The molecule has 3 fully saturated rings. The Morgan fingerprint density at radius 3 is 2.65 bits per heavy atom. The monoisotopic (exact) mass is 868 g/mol. The Morgan fingerprint density at radius 2 is 1.94 bits per heavy atom. The van der Waals surface area contributed by atoms with Crippen molar-refractivity contribution >= 4 is 39.9 Å². The Kier molecular flexibility index (Phi) is 11.5. The Balaban J connectivity index is 0.990. The molecule has 63 heavy (non-hydrogen) atoms. The molecule has 5 aliphatic rings. The average Bonchev–Trinajstić information content (AvgIpc) is 3.70. The molecule has 1 saturated carbocycles. The number of allylic oxidation sites excluding steroid dienone is 3. The zero-order valence-electron chi connectivity index (χ0n) is 36.7. The Morgan fingerprint density at radius 1 is 1.14 bits per heavy atom. The summed E-state index contributed by atoms with van der Waals surface area (Å²) in [6.07, 6.45) is 13.0. The minimum atomic E-state index is -3.04. The molecule has 9 rings (SSSR count). The Labute approximate surface area is 366 Å². The number of aliphatic hydroxyl groups is 1. The summed E-state index contributed by atoms with van der Waals surface area (Å²) in [5.74, 6) is -1.77. The number of imidazole rings is 2. The largest absolute Gasteiger partial charge is 0.469 e. The van der Waals surface area contributed by atoms with Crippen molar-refractivity contribution in [2.45, 2.75) is 122 Å². The number of nitrogens with two attached hydrogens (primary N) is 1. The molecule has 0 spiro atoms. The van der Waals surface area contributed by atoms with Crippen LogP contribution in [0.25, 0.3) is 39.4 Å². The van der Waals surface area contributed by atoms with Gasteiger partial charge in [-0.3, -0.25) is 14.9 Å². The van der Waals surface area contributed by atoms with Gasteiger partial charge in [-0.1, -0.05) is 40.3 Å². The number of fused-ring (bicyclic) bond motifs is 4. The molecule has 14 nitrogen and oxygen atoms in total. The highest BCUT2D eigenvalue weighted by Crippen LogP contribution is 2.52. The zero-order valence-corrected chi connectivity index (χ0v) is 36.7. The number of nitrogens with zero attached hydrogens (tertiary/aromatic N) is 5. The minimum Gasteiger partial charge on any atom is -0.469 e. The number of alkyl halides is 2. The number of aliphatic hydroxyl groups excluding tert-OH is 1. The van der Waals surface area contributed by atoms with E-state index in [2.05, 4.69) is 50.7 Å². The number of carbonyl (C=O) groups is 2. The summed E-state index contributed by atoms with van der Waals surface area (Å²) in [6.45, 7) is 12.0. The third kappa shape index (κ3) is 8.04. The minimum absolute atomic E-state index is 0.0263. The summed E-state index contributed by atoms with van der Waals surface area (Å²) >= 11 is 0. The van der Waals surface area contributed by atoms with Gasteiger partial charge >= 0.3 is 0 Å². The molecule has 1 aromatic carbocycles. The number of aromatic amines is 2. The molecule has 3 aliphatic heterocycles. The molecule has 3 aromatic heterocycles. The van der Waals surface area contributed by atoms with E-state index < -0.39 is 49.3 Å². The van der Waals surface area contributed by atoms with Crippen molar-refractivity contribution in [1.29, 1.82) is 0 Å². The number of likely N-dealkylation sites (tertiary alicyclic amines) is 2. The van der Waals surface area contributed by atoms with Crippen LogP contribution in [0.1, 0.15) is 108 Å². The molecule has 2 aliphatic carbocycles. The summed E-state index contributed by atoms with van der Waals surface area (Å²) in [6, 6.07) is 4.01. The van der Waals surface area contributed by atoms with Crippen LogP contribution in [0, 0.1) is 17.8 Å². The highest BCUT2D eigenvalue weighted by Gasteiger charge is 2.50. The van der Waals surface area contributed by atoms with Crippen LogP contribution in [0.4, 0.5) is 8.78 Å².